The lowest BCUT2D eigenvalue weighted by Gasteiger charge is -2.11. The topological polar surface area (TPSA) is 46.6 Å². The first kappa shape index (κ1) is 22.4. The van der Waals surface area contributed by atoms with Crippen molar-refractivity contribution in [2.75, 3.05) is 20.7 Å². The second kappa shape index (κ2) is 11.2. The monoisotopic (exact) mass is 393 g/mol. The summed E-state index contributed by atoms with van der Waals surface area (Å²) in [7, 11) is 3.41. The highest BCUT2D eigenvalue weighted by atomic mass is 16.5. The fourth-order valence-electron chi connectivity index (χ4n) is 2.93. The van der Waals surface area contributed by atoms with Crippen molar-refractivity contribution in [3.63, 3.8) is 0 Å². The molecule has 0 saturated heterocycles. The minimum atomic E-state index is -0.103. The molecule has 1 amide bonds. The Labute approximate surface area is 174 Å². The van der Waals surface area contributed by atoms with Gasteiger partial charge in [0.1, 0.15) is 5.75 Å². The zero-order chi connectivity index (χ0) is 21.2. The molecule has 4 heteroatoms. The van der Waals surface area contributed by atoms with Gasteiger partial charge in [-0.3, -0.25) is 9.59 Å². The van der Waals surface area contributed by atoms with Crippen molar-refractivity contribution in [3.05, 3.63) is 70.8 Å². The van der Waals surface area contributed by atoms with Crippen molar-refractivity contribution >= 4 is 17.8 Å². The minimum Gasteiger partial charge on any atom is -0.493 e. The highest BCUT2D eigenvalue weighted by Gasteiger charge is 2.09. The van der Waals surface area contributed by atoms with Crippen LogP contribution in [0.3, 0.4) is 0 Å². The van der Waals surface area contributed by atoms with Crippen LogP contribution in [0, 0.1) is 0 Å². The zero-order valence-corrected chi connectivity index (χ0v) is 17.9. The fourth-order valence-corrected chi connectivity index (χ4v) is 2.93. The van der Waals surface area contributed by atoms with Crippen molar-refractivity contribution in [2.24, 2.45) is 0 Å². The summed E-state index contributed by atoms with van der Waals surface area (Å²) < 4.78 is 5.91. The number of aryl methyl sites for hydroxylation is 1. The Balaban J connectivity index is 2.18. The predicted octanol–water partition coefficient (Wildman–Crippen LogP) is 5.42. The molecule has 0 aliphatic heterocycles. The van der Waals surface area contributed by atoms with E-state index in [1.165, 1.54) is 10.5 Å². The average Bonchev–Trinajstić information content (AvgIpc) is 2.73. The maximum absolute atomic E-state index is 12.6. The van der Waals surface area contributed by atoms with E-state index in [0.29, 0.717) is 17.7 Å². The number of amides is 1. The Bertz CT molecular complexity index is 851. The van der Waals surface area contributed by atoms with Gasteiger partial charge in [0.25, 0.3) is 5.91 Å². The maximum Gasteiger partial charge on any atom is 0.253 e. The first-order valence-electron chi connectivity index (χ1n) is 10.3. The van der Waals surface area contributed by atoms with Crippen LogP contribution < -0.4 is 4.74 Å². The number of hydrogen-bond donors (Lipinski definition) is 0. The summed E-state index contributed by atoms with van der Waals surface area (Å²) in [5, 5.41) is 0. The van der Waals surface area contributed by atoms with Crippen molar-refractivity contribution in [3.8, 4) is 5.75 Å². The fraction of sp³-hybridized carbons (Fsp3) is 0.360. The number of hydrogen-bond acceptors (Lipinski definition) is 3. The van der Waals surface area contributed by atoms with Crippen molar-refractivity contribution in [1.82, 2.24) is 4.90 Å². The lowest BCUT2D eigenvalue weighted by Crippen LogP contribution is -2.21. The van der Waals surface area contributed by atoms with Gasteiger partial charge in [0.15, 0.2) is 5.78 Å². The first-order valence-corrected chi connectivity index (χ1v) is 10.3. The van der Waals surface area contributed by atoms with E-state index in [1.807, 2.05) is 12.1 Å². The Morgan fingerprint density at radius 1 is 0.966 bits per heavy atom. The number of carbonyl (C=O) groups excluding carboxylic acids is 2. The standard InChI is InChI=1S/C25H31NO3/c1-5-7-17-29-24-16-9-19(8-6-2)18-22(24)14-15-23(27)20-10-12-21(13-11-20)25(28)26(3)4/h9-16,18H,5-8,17H2,1-4H3. The predicted molar refractivity (Wildman–Crippen MR) is 119 cm³/mol. The summed E-state index contributed by atoms with van der Waals surface area (Å²) in [6.45, 7) is 4.94. The Morgan fingerprint density at radius 2 is 1.66 bits per heavy atom. The molecule has 154 valence electrons. The van der Waals surface area contributed by atoms with Crippen molar-refractivity contribution in [2.45, 2.75) is 39.5 Å². The molecular formula is C25H31NO3. The number of nitrogens with zero attached hydrogens (tertiary/aromatic N) is 1. The van der Waals surface area contributed by atoms with E-state index in [2.05, 4.69) is 26.0 Å². The number of benzene rings is 2. The lowest BCUT2D eigenvalue weighted by molar-refractivity contribution is 0.0827. The van der Waals surface area contributed by atoms with Crippen LogP contribution in [0.25, 0.3) is 6.08 Å². The van der Waals surface area contributed by atoms with Crippen LogP contribution in [0.15, 0.2) is 48.5 Å². The van der Waals surface area contributed by atoms with Crippen molar-refractivity contribution < 1.29 is 14.3 Å². The number of carbonyl (C=O) groups is 2. The minimum absolute atomic E-state index is 0.0823. The van der Waals surface area contributed by atoms with E-state index in [-0.39, 0.29) is 11.7 Å². The molecule has 0 bridgehead atoms. The summed E-state index contributed by atoms with van der Waals surface area (Å²) in [4.78, 5) is 26.1. The number of allylic oxidation sites excluding steroid dienone is 1. The van der Waals surface area contributed by atoms with Crippen LogP contribution in [0.4, 0.5) is 0 Å². The number of unbranched alkanes of at least 4 members (excludes halogenated alkanes) is 1. The van der Waals surface area contributed by atoms with E-state index < -0.39 is 0 Å². The molecule has 0 spiro atoms. The quantitative estimate of drug-likeness (QED) is 0.308. The Hall–Kier alpha value is -2.88. The second-order valence-electron chi connectivity index (χ2n) is 7.30. The zero-order valence-electron chi connectivity index (χ0n) is 17.9. The third kappa shape index (κ3) is 6.60. The third-order valence-electron chi connectivity index (χ3n) is 4.61. The Kier molecular flexibility index (Phi) is 8.66. The number of ketones is 1. The molecule has 0 heterocycles. The molecule has 0 N–H and O–H groups in total. The normalized spacial score (nSPS) is 10.9. The number of rotatable bonds is 10. The second-order valence-corrected chi connectivity index (χ2v) is 7.30. The van der Waals surface area contributed by atoms with Crippen LogP contribution >= 0.6 is 0 Å². The van der Waals surface area contributed by atoms with Gasteiger partial charge in [0, 0.05) is 30.8 Å². The summed E-state index contributed by atoms with van der Waals surface area (Å²) in [5.74, 6) is 0.615. The molecule has 0 aromatic heterocycles. The molecule has 0 unspecified atom stereocenters. The molecule has 0 radical (unpaired) electrons. The van der Waals surface area contributed by atoms with Gasteiger partial charge in [-0.25, -0.2) is 0 Å². The van der Waals surface area contributed by atoms with E-state index in [4.69, 9.17) is 4.74 Å². The third-order valence-corrected chi connectivity index (χ3v) is 4.61. The summed E-state index contributed by atoms with van der Waals surface area (Å²) in [6.07, 6.45) is 7.52. The summed E-state index contributed by atoms with van der Waals surface area (Å²) in [6, 6.07) is 12.9. The first-order chi connectivity index (χ1) is 14.0. The molecule has 2 aromatic rings. The van der Waals surface area contributed by atoms with Gasteiger partial charge < -0.3 is 9.64 Å². The molecule has 2 aromatic carbocycles. The van der Waals surface area contributed by atoms with Crippen LogP contribution in [-0.4, -0.2) is 37.3 Å². The van der Waals surface area contributed by atoms with E-state index in [9.17, 15) is 9.59 Å². The van der Waals surface area contributed by atoms with Crippen LogP contribution in [0.2, 0.25) is 0 Å². The molecule has 4 nitrogen and oxygen atoms in total. The highest BCUT2D eigenvalue weighted by molar-refractivity contribution is 6.07. The maximum atomic E-state index is 12.6. The van der Waals surface area contributed by atoms with E-state index in [1.54, 1.807) is 44.4 Å². The average molecular weight is 394 g/mol. The molecule has 29 heavy (non-hydrogen) atoms. The van der Waals surface area contributed by atoms with Gasteiger partial charge in [0.2, 0.25) is 0 Å². The van der Waals surface area contributed by atoms with Gasteiger partial charge in [-0.15, -0.1) is 0 Å². The molecule has 0 aliphatic rings. The van der Waals surface area contributed by atoms with Gasteiger partial charge in [0.05, 0.1) is 6.61 Å². The van der Waals surface area contributed by atoms with Gasteiger partial charge in [-0.05, 0) is 54.8 Å². The smallest absolute Gasteiger partial charge is 0.253 e. The molecule has 2 rings (SSSR count). The SMILES string of the molecule is CCCCOc1ccc(CCC)cc1C=CC(=O)c1ccc(C(=O)N(C)C)cc1. The highest BCUT2D eigenvalue weighted by Crippen LogP contribution is 2.23. The summed E-state index contributed by atoms with van der Waals surface area (Å²) in [5.41, 5.74) is 3.26. The van der Waals surface area contributed by atoms with Crippen LogP contribution in [-0.2, 0) is 6.42 Å². The van der Waals surface area contributed by atoms with Gasteiger partial charge >= 0.3 is 0 Å². The molecule has 0 atom stereocenters. The van der Waals surface area contributed by atoms with E-state index >= 15 is 0 Å². The van der Waals surface area contributed by atoms with E-state index in [0.717, 1.165) is 37.0 Å². The lowest BCUT2D eigenvalue weighted by atomic mass is 10.0. The van der Waals surface area contributed by atoms with Crippen LogP contribution in [0.5, 0.6) is 5.75 Å². The summed E-state index contributed by atoms with van der Waals surface area (Å²) >= 11 is 0. The van der Waals surface area contributed by atoms with Crippen LogP contribution in [0.1, 0.15) is 65.0 Å². The molecule has 0 fully saturated rings. The molecule has 0 saturated carbocycles. The van der Waals surface area contributed by atoms with Crippen molar-refractivity contribution in [1.29, 1.82) is 0 Å². The molecule has 0 aliphatic carbocycles. The Morgan fingerprint density at radius 3 is 2.28 bits per heavy atom. The van der Waals surface area contributed by atoms with Gasteiger partial charge in [-0.1, -0.05) is 44.9 Å². The largest absolute Gasteiger partial charge is 0.493 e. The van der Waals surface area contributed by atoms with Gasteiger partial charge in [-0.2, -0.15) is 0 Å². The number of ether oxygens (including phenoxy) is 1. The molecular weight excluding hydrogens is 362 g/mol.